The molecule has 0 radical (unpaired) electrons. The Morgan fingerprint density at radius 2 is 2.00 bits per heavy atom. The van der Waals surface area contributed by atoms with Gasteiger partial charge in [0, 0.05) is 25.6 Å². The zero-order valence-electron chi connectivity index (χ0n) is 10.1. The molecule has 0 atom stereocenters. The molecular weight excluding hydrogens is 250 g/mol. The number of nitrogens with zero attached hydrogens (tertiary/aromatic N) is 4. The largest absolute Gasteiger partial charge is 0.384 e. The van der Waals surface area contributed by atoms with Gasteiger partial charge in [-0.3, -0.25) is 0 Å². The summed E-state index contributed by atoms with van der Waals surface area (Å²) in [5.41, 5.74) is 6.72. The third kappa shape index (κ3) is 3.38. The Hall–Kier alpha value is -1.73. The summed E-state index contributed by atoms with van der Waals surface area (Å²) in [6.07, 6.45) is 3.52. The van der Waals surface area contributed by atoms with Gasteiger partial charge in [-0.25, -0.2) is 19.9 Å². The zero-order valence-corrected chi connectivity index (χ0v) is 10.9. The van der Waals surface area contributed by atoms with Crippen molar-refractivity contribution in [2.24, 2.45) is 0 Å². The van der Waals surface area contributed by atoms with Gasteiger partial charge in [0.25, 0.3) is 0 Å². The zero-order chi connectivity index (χ0) is 13.0. The number of aryl methyl sites for hydroxylation is 1. The quantitative estimate of drug-likeness (QED) is 0.660. The van der Waals surface area contributed by atoms with Crippen LogP contribution in [0.3, 0.4) is 0 Å². The fraction of sp³-hybridized carbons (Fsp3) is 0.273. The summed E-state index contributed by atoms with van der Waals surface area (Å²) >= 11 is 1.34. The van der Waals surface area contributed by atoms with Crippen molar-refractivity contribution in [3.8, 4) is 0 Å². The summed E-state index contributed by atoms with van der Waals surface area (Å²) in [6, 6.07) is 1.69. The third-order valence-electron chi connectivity index (χ3n) is 2.00. The second-order valence-corrected chi connectivity index (χ2v) is 4.61. The van der Waals surface area contributed by atoms with E-state index in [1.165, 1.54) is 11.8 Å². The van der Waals surface area contributed by atoms with E-state index in [1.54, 1.807) is 25.6 Å². The minimum Gasteiger partial charge on any atom is -0.384 e. The molecule has 7 heteroatoms. The maximum Gasteiger partial charge on any atom is 0.193 e. The molecule has 94 valence electrons. The van der Waals surface area contributed by atoms with Crippen LogP contribution in [0.5, 0.6) is 0 Å². The van der Waals surface area contributed by atoms with Crippen LogP contribution in [-0.2, 0) is 11.3 Å². The van der Waals surface area contributed by atoms with Crippen LogP contribution >= 0.6 is 11.8 Å². The van der Waals surface area contributed by atoms with E-state index in [1.807, 2.05) is 6.92 Å². The van der Waals surface area contributed by atoms with Crippen LogP contribution < -0.4 is 5.73 Å². The molecule has 2 aromatic heterocycles. The van der Waals surface area contributed by atoms with Crippen LogP contribution in [0.25, 0.3) is 0 Å². The van der Waals surface area contributed by atoms with E-state index in [0.717, 1.165) is 5.56 Å². The summed E-state index contributed by atoms with van der Waals surface area (Å²) in [5, 5.41) is 1.33. The van der Waals surface area contributed by atoms with Crippen molar-refractivity contribution in [2.45, 2.75) is 23.7 Å². The van der Waals surface area contributed by atoms with Crippen molar-refractivity contribution in [1.82, 2.24) is 19.9 Å². The fourth-order valence-corrected chi connectivity index (χ4v) is 1.99. The highest BCUT2D eigenvalue weighted by atomic mass is 32.2. The van der Waals surface area contributed by atoms with E-state index >= 15 is 0 Å². The highest BCUT2D eigenvalue weighted by Crippen LogP contribution is 2.23. The molecule has 0 aliphatic carbocycles. The Morgan fingerprint density at radius 1 is 1.28 bits per heavy atom. The van der Waals surface area contributed by atoms with Gasteiger partial charge in [-0.1, -0.05) is 0 Å². The minimum absolute atomic E-state index is 0.327. The first-order chi connectivity index (χ1) is 8.67. The van der Waals surface area contributed by atoms with E-state index in [2.05, 4.69) is 19.9 Å². The topological polar surface area (TPSA) is 86.8 Å². The van der Waals surface area contributed by atoms with Crippen LogP contribution in [-0.4, -0.2) is 27.0 Å². The monoisotopic (exact) mass is 263 g/mol. The van der Waals surface area contributed by atoms with E-state index in [-0.39, 0.29) is 0 Å². The first kappa shape index (κ1) is 12.7. The molecule has 2 aromatic rings. The predicted octanol–water partition coefficient (Wildman–Crippen LogP) is 1.45. The predicted molar refractivity (Wildman–Crippen MR) is 68.0 cm³/mol. The summed E-state index contributed by atoms with van der Waals surface area (Å²) in [4.78, 5) is 16.8. The molecule has 2 heterocycles. The molecule has 0 aromatic carbocycles. The van der Waals surface area contributed by atoms with E-state index in [9.17, 15) is 0 Å². The molecule has 0 spiro atoms. The smallest absolute Gasteiger partial charge is 0.193 e. The van der Waals surface area contributed by atoms with Crippen molar-refractivity contribution < 1.29 is 4.74 Å². The van der Waals surface area contributed by atoms with Gasteiger partial charge in [0.2, 0.25) is 0 Å². The van der Waals surface area contributed by atoms with Gasteiger partial charge in [0.1, 0.15) is 17.5 Å². The van der Waals surface area contributed by atoms with Crippen molar-refractivity contribution in [2.75, 3.05) is 12.8 Å². The third-order valence-corrected chi connectivity index (χ3v) is 2.81. The highest BCUT2D eigenvalue weighted by Gasteiger charge is 2.06. The molecule has 18 heavy (non-hydrogen) atoms. The van der Waals surface area contributed by atoms with E-state index < -0.39 is 0 Å². The van der Waals surface area contributed by atoms with Crippen molar-refractivity contribution in [3.63, 3.8) is 0 Å². The summed E-state index contributed by atoms with van der Waals surface area (Å²) in [6.45, 7) is 2.27. The van der Waals surface area contributed by atoms with Gasteiger partial charge < -0.3 is 10.5 Å². The summed E-state index contributed by atoms with van der Waals surface area (Å²) < 4.78 is 4.98. The molecule has 0 aliphatic heterocycles. The Bertz CT molecular complexity index is 531. The van der Waals surface area contributed by atoms with E-state index in [4.69, 9.17) is 10.5 Å². The second kappa shape index (κ2) is 5.74. The fourth-order valence-electron chi connectivity index (χ4n) is 1.27. The van der Waals surface area contributed by atoms with Gasteiger partial charge in [0.15, 0.2) is 11.0 Å². The molecular formula is C11H13N5OS. The highest BCUT2D eigenvalue weighted by molar-refractivity contribution is 7.99. The Labute approximate surface area is 109 Å². The average Bonchev–Trinajstić information content (AvgIpc) is 2.32. The molecule has 6 nitrogen and oxygen atoms in total. The summed E-state index contributed by atoms with van der Waals surface area (Å²) in [7, 11) is 1.59. The number of rotatable bonds is 4. The normalized spacial score (nSPS) is 10.6. The number of methoxy groups -OCH3 is 1. The van der Waals surface area contributed by atoms with Gasteiger partial charge in [0.05, 0.1) is 0 Å². The molecule has 0 saturated heterocycles. The molecule has 2 N–H and O–H groups in total. The maximum atomic E-state index is 5.71. The van der Waals surface area contributed by atoms with Crippen molar-refractivity contribution >= 4 is 17.6 Å². The number of ether oxygens (including phenoxy) is 1. The van der Waals surface area contributed by atoms with Gasteiger partial charge in [-0.15, -0.1) is 0 Å². The molecule has 0 aliphatic rings. The molecule has 0 fully saturated rings. The molecule has 0 bridgehead atoms. The standard InChI is InChI=1S/C11H13N5OS/c1-7-4-13-11(14-5-7)18-10-3-8(12)15-9(16-10)6-17-2/h3-5H,6H2,1-2H3,(H2,12,15,16). The van der Waals surface area contributed by atoms with Crippen molar-refractivity contribution in [3.05, 3.63) is 29.8 Å². The number of hydrogen-bond acceptors (Lipinski definition) is 7. The maximum absolute atomic E-state index is 5.71. The lowest BCUT2D eigenvalue weighted by molar-refractivity contribution is 0.177. The van der Waals surface area contributed by atoms with Crippen LogP contribution in [0.4, 0.5) is 5.82 Å². The van der Waals surface area contributed by atoms with Crippen LogP contribution in [0, 0.1) is 6.92 Å². The van der Waals surface area contributed by atoms with Crippen LogP contribution in [0.2, 0.25) is 0 Å². The number of aromatic nitrogens is 4. The lowest BCUT2D eigenvalue weighted by atomic mass is 10.4. The second-order valence-electron chi connectivity index (χ2n) is 3.63. The van der Waals surface area contributed by atoms with Gasteiger partial charge >= 0.3 is 0 Å². The Kier molecular flexibility index (Phi) is 4.06. The SMILES string of the molecule is COCc1nc(N)cc(Sc2ncc(C)cn2)n1. The molecule has 0 saturated carbocycles. The number of nitrogens with two attached hydrogens (primary N) is 1. The first-order valence-electron chi connectivity index (χ1n) is 5.26. The van der Waals surface area contributed by atoms with Crippen molar-refractivity contribution in [1.29, 1.82) is 0 Å². The number of hydrogen-bond donors (Lipinski definition) is 1. The Morgan fingerprint density at radius 3 is 2.67 bits per heavy atom. The first-order valence-corrected chi connectivity index (χ1v) is 6.08. The molecule has 0 unspecified atom stereocenters. The lowest BCUT2D eigenvalue weighted by Gasteiger charge is -2.04. The lowest BCUT2D eigenvalue weighted by Crippen LogP contribution is -2.02. The number of anilines is 1. The van der Waals surface area contributed by atoms with Crippen LogP contribution in [0.1, 0.15) is 11.4 Å². The van der Waals surface area contributed by atoms with Gasteiger partial charge in [-0.2, -0.15) is 0 Å². The van der Waals surface area contributed by atoms with Crippen LogP contribution in [0.15, 0.2) is 28.6 Å². The molecule has 2 rings (SSSR count). The summed E-state index contributed by atoms with van der Waals surface area (Å²) in [5.74, 6) is 0.957. The minimum atomic E-state index is 0.327. The van der Waals surface area contributed by atoms with E-state index in [0.29, 0.717) is 28.4 Å². The molecule has 0 amide bonds. The number of nitrogen functional groups attached to an aromatic ring is 1. The average molecular weight is 263 g/mol. The Balaban J connectivity index is 2.20. The van der Waals surface area contributed by atoms with Gasteiger partial charge in [-0.05, 0) is 24.2 Å².